The van der Waals surface area contributed by atoms with Crippen molar-refractivity contribution in [3.8, 4) is 11.5 Å². The third kappa shape index (κ3) is 6.56. The number of carbonyl (C=O) groups is 2. The first-order valence-corrected chi connectivity index (χ1v) is 10.8. The van der Waals surface area contributed by atoms with Gasteiger partial charge in [0.25, 0.3) is 5.91 Å². The second-order valence-corrected chi connectivity index (χ2v) is 7.80. The maximum Gasteiger partial charge on any atom is 0.331 e. The Kier molecular flexibility index (Phi) is 8.45. The molecule has 11 heteroatoms. The molecule has 1 N–H and O–H groups in total. The molecule has 1 amide bonds. The number of esters is 1. The summed E-state index contributed by atoms with van der Waals surface area (Å²) < 4.78 is 29.8. The van der Waals surface area contributed by atoms with Crippen LogP contribution in [-0.2, 0) is 20.9 Å². The van der Waals surface area contributed by atoms with E-state index in [4.69, 9.17) is 21.1 Å². The van der Waals surface area contributed by atoms with E-state index in [1.165, 1.54) is 25.5 Å². The number of rotatable bonds is 8. The molecular formula is C22H19ClFN3O5S. The predicted octanol–water partition coefficient (Wildman–Crippen LogP) is 4.07. The monoisotopic (exact) mass is 491 g/mol. The van der Waals surface area contributed by atoms with Gasteiger partial charge in [0.1, 0.15) is 12.4 Å². The van der Waals surface area contributed by atoms with Crippen LogP contribution in [0.1, 0.15) is 18.1 Å². The molecule has 0 spiro atoms. The highest BCUT2D eigenvalue weighted by Crippen LogP contribution is 2.30. The Labute approximate surface area is 198 Å². The Balaban J connectivity index is 1.70. The molecule has 0 aliphatic carbocycles. The van der Waals surface area contributed by atoms with E-state index in [1.807, 2.05) is 6.92 Å². The Hall–Kier alpha value is -3.37. The van der Waals surface area contributed by atoms with E-state index < -0.39 is 17.7 Å². The maximum atomic E-state index is 14.0. The molecular weight excluding hydrogens is 473 g/mol. The van der Waals surface area contributed by atoms with Crippen molar-refractivity contribution >= 4 is 46.6 Å². The number of methoxy groups -OCH3 is 1. The molecule has 0 aromatic heterocycles. The number of benzene rings is 2. The van der Waals surface area contributed by atoms with Gasteiger partial charge in [0, 0.05) is 11.6 Å². The normalized spacial score (nSPS) is 15.8. The van der Waals surface area contributed by atoms with Gasteiger partial charge in [0.2, 0.25) is 0 Å². The molecule has 1 saturated heterocycles. The molecule has 0 atom stereocenters. The van der Waals surface area contributed by atoms with Crippen molar-refractivity contribution < 1.29 is 28.2 Å². The number of nitrogens with one attached hydrogen (secondary N) is 1. The molecule has 1 aliphatic rings. The van der Waals surface area contributed by atoms with Crippen LogP contribution in [-0.4, -0.2) is 37.0 Å². The fourth-order valence-electron chi connectivity index (χ4n) is 2.60. The van der Waals surface area contributed by atoms with Gasteiger partial charge in [0.15, 0.2) is 16.7 Å². The lowest BCUT2D eigenvalue weighted by molar-refractivity contribution is -0.135. The van der Waals surface area contributed by atoms with Gasteiger partial charge in [-0.1, -0.05) is 17.7 Å². The van der Waals surface area contributed by atoms with Gasteiger partial charge >= 0.3 is 5.97 Å². The van der Waals surface area contributed by atoms with Gasteiger partial charge < -0.3 is 14.2 Å². The largest absolute Gasteiger partial charge is 0.490 e. The molecule has 3 rings (SSSR count). The van der Waals surface area contributed by atoms with Crippen LogP contribution in [0.3, 0.4) is 0 Å². The second-order valence-electron chi connectivity index (χ2n) is 6.37. The average molecular weight is 492 g/mol. The first-order chi connectivity index (χ1) is 15.9. The van der Waals surface area contributed by atoms with Crippen LogP contribution in [0.25, 0.3) is 0 Å². The van der Waals surface area contributed by atoms with Gasteiger partial charge in [0.05, 0.1) is 29.9 Å². The average Bonchev–Trinajstić information content (AvgIpc) is 3.13. The molecule has 0 saturated carbocycles. The molecule has 2 aromatic carbocycles. The van der Waals surface area contributed by atoms with Crippen molar-refractivity contribution in [1.29, 1.82) is 0 Å². The number of carbonyl (C=O) groups excluding carboxylic acids is 2. The summed E-state index contributed by atoms with van der Waals surface area (Å²) in [6.07, 6.45) is 2.54. The molecule has 0 unspecified atom stereocenters. The Morgan fingerprint density at radius 1 is 1.24 bits per heavy atom. The number of thioether (sulfide) groups is 1. The SMILES string of the molecule is CCOc1cc(C=N/N=C2/NC(=O)/C(=C\C(=O)OC)S2)ccc1OCc1c(F)cccc1Cl. The molecule has 1 heterocycles. The standard InChI is InChI=1S/C22H19ClFN3O5S/c1-3-31-18-9-13(7-8-17(18)32-12-14-15(23)5-4-6-16(14)24)11-25-27-22-26-21(29)19(33-22)10-20(28)30-2/h4-11H,3,12H2,1-2H3,(H,26,27,29)/b19-10+,25-11?. The molecule has 33 heavy (non-hydrogen) atoms. The Bertz CT molecular complexity index is 1130. The van der Waals surface area contributed by atoms with Crippen molar-refractivity contribution in [2.75, 3.05) is 13.7 Å². The smallest absolute Gasteiger partial charge is 0.331 e. The first-order valence-electron chi connectivity index (χ1n) is 9.63. The summed E-state index contributed by atoms with van der Waals surface area (Å²) in [7, 11) is 1.22. The van der Waals surface area contributed by atoms with Crippen LogP contribution in [0, 0.1) is 5.82 Å². The van der Waals surface area contributed by atoms with Crippen molar-refractivity contribution in [3.05, 3.63) is 69.3 Å². The number of hydrogen-bond acceptors (Lipinski definition) is 8. The van der Waals surface area contributed by atoms with Crippen LogP contribution in [0.5, 0.6) is 11.5 Å². The summed E-state index contributed by atoms with van der Waals surface area (Å²) in [6.45, 7) is 2.15. The topological polar surface area (TPSA) is 98.6 Å². The summed E-state index contributed by atoms with van der Waals surface area (Å²) in [4.78, 5) is 23.3. The molecule has 0 bridgehead atoms. The highest BCUT2D eigenvalue weighted by molar-refractivity contribution is 8.18. The van der Waals surface area contributed by atoms with E-state index in [-0.39, 0.29) is 27.3 Å². The molecule has 0 radical (unpaired) electrons. The molecule has 1 aliphatic heterocycles. The van der Waals surface area contributed by atoms with Gasteiger partial charge in [-0.2, -0.15) is 5.10 Å². The minimum atomic E-state index is -0.638. The minimum absolute atomic E-state index is 0.0645. The van der Waals surface area contributed by atoms with Crippen LogP contribution in [0.4, 0.5) is 4.39 Å². The summed E-state index contributed by atoms with van der Waals surface area (Å²) in [5.41, 5.74) is 0.901. The van der Waals surface area contributed by atoms with Crippen molar-refractivity contribution in [2.45, 2.75) is 13.5 Å². The summed E-state index contributed by atoms with van der Waals surface area (Å²) in [5, 5.41) is 10.9. The van der Waals surface area contributed by atoms with Gasteiger partial charge in [-0.3, -0.25) is 10.1 Å². The molecule has 2 aromatic rings. The minimum Gasteiger partial charge on any atom is -0.490 e. The lowest BCUT2D eigenvalue weighted by atomic mass is 10.2. The molecule has 172 valence electrons. The van der Waals surface area contributed by atoms with Crippen molar-refractivity contribution in [2.24, 2.45) is 10.2 Å². The fraction of sp³-hybridized carbons (Fsp3) is 0.182. The zero-order valence-corrected chi connectivity index (χ0v) is 19.2. The van der Waals surface area contributed by atoms with E-state index in [0.717, 1.165) is 17.8 Å². The van der Waals surface area contributed by atoms with E-state index in [9.17, 15) is 14.0 Å². The number of amides is 1. The van der Waals surface area contributed by atoms with Crippen LogP contribution in [0.15, 0.2) is 57.6 Å². The van der Waals surface area contributed by atoms with Crippen molar-refractivity contribution in [1.82, 2.24) is 5.32 Å². The first kappa shape index (κ1) is 24.3. The van der Waals surface area contributed by atoms with E-state index >= 15 is 0 Å². The second kappa shape index (κ2) is 11.5. The zero-order chi connectivity index (χ0) is 23.8. The summed E-state index contributed by atoms with van der Waals surface area (Å²) in [6, 6.07) is 9.50. The maximum absolute atomic E-state index is 14.0. The molecule has 1 fully saturated rings. The highest BCUT2D eigenvalue weighted by Gasteiger charge is 2.25. The summed E-state index contributed by atoms with van der Waals surface area (Å²) >= 11 is 7.02. The Morgan fingerprint density at radius 3 is 2.79 bits per heavy atom. The third-order valence-corrected chi connectivity index (χ3v) is 5.41. The summed E-state index contributed by atoms with van der Waals surface area (Å²) in [5.74, 6) is -0.705. The predicted molar refractivity (Wildman–Crippen MR) is 124 cm³/mol. The number of hydrogen-bond donors (Lipinski definition) is 1. The zero-order valence-electron chi connectivity index (χ0n) is 17.6. The van der Waals surface area contributed by atoms with Gasteiger partial charge in [-0.15, -0.1) is 5.10 Å². The van der Waals surface area contributed by atoms with Crippen molar-refractivity contribution in [3.63, 3.8) is 0 Å². The molecule has 8 nitrogen and oxygen atoms in total. The lowest BCUT2D eigenvalue weighted by Crippen LogP contribution is -2.19. The third-order valence-electron chi connectivity index (χ3n) is 4.16. The van der Waals surface area contributed by atoms with Crippen LogP contribution < -0.4 is 14.8 Å². The quantitative estimate of drug-likeness (QED) is 0.259. The number of nitrogens with zero attached hydrogens (tertiary/aromatic N) is 2. The van der Waals surface area contributed by atoms with Gasteiger partial charge in [-0.25, -0.2) is 9.18 Å². The van der Waals surface area contributed by atoms with E-state index in [1.54, 1.807) is 24.3 Å². The number of ether oxygens (including phenoxy) is 3. The lowest BCUT2D eigenvalue weighted by Gasteiger charge is -2.13. The van der Waals surface area contributed by atoms with E-state index in [0.29, 0.717) is 23.7 Å². The fourth-order valence-corrected chi connectivity index (χ4v) is 3.56. The highest BCUT2D eigenvalue weighted by atomic mass is 35.5. The van der Waals surface area contributed by atoms with Crippen LogP contribution in [0.2, 0.25) is 5.02 Å². The Morgan fingerprint density at radius 2 is 2.06 bits per heavy atom. The number of amidine groups is 1. The number of halogens is 2. The van der Waals surface area contributed by atoms with Crippen LogP contribution >= 0.6 is 23.4 Å². The van der Waals surface area contributed by atoms with Gasteiger partial charge in [-0.05, 0) is 54.6 Å². The van der Waals surface area contributed by atoms with E-state index in [2.05, 4.69) is 20.3 Å².